The van der Waals surface area contributed by atoms with Crippen LogP contribution in [0.2, 0.25) is 0 Å². The average Bonchev–Trinajstić information content (AvgIpc) is 2.89. The largest absolute Gasteiger partial charge is 0.456 e. The Morgan fingerprint density at radius 2 is 1.89 bits per heavy atom. The molecule has 1 atom stereocenters. The quantitative estimate of drug-likeness (QED) is 0.601. The Labute approximate surface area is 165 Å². The van der Waals surface area contributed by atoms with E-state index in [4.69, 9.17) is 4.74 Å². The van der Waals surface area contributed by atoms with Crippen LogP contribution in [0.15, 0.2) is 34.2 Å². The maximum Gasteiger partial charge on any atom is 0.308 e. The first kappa shape index (κ1) is 21.9. The Morgan fingerprint density at radius 1 is 1.18 bits per heavy atom. The summed E-state index contributed by atoms with van der Waals surface area (Å²) >= 11 is 0. The monoisotopic (exact) mass is 409 g/mol. The fourth-order valence-corrected chi connectivity index (χ4v) is 3.95. The molecule has 0 saturated carbocycles. The van der Waals surface area contributed by atoms with E-state index >= 15 is 0 Å². The van der Waals surface area contributed by atoms with Gasteiger partial charge in [0.1, 0.15) is 5.84 Å². The molecule has 2 rings (SSSR count). The number of carbonyl (C=O) groups is 2. The lowest BCUT2D eigenvalue weighted by atomic mass is 10.0. The van der Waals surface area contributed by atoms with Crippen LogP contribution < -0.4 is 10.0 Å². The Hall–Kier alpha value is -2.42. The van der Waals surface area contributed by atoms with Gasteiger partial charge in [-0.15, -0.1) is 0 Å². The molecule has 1 heterocycles. The zero-order valence-electron chi connectivity index (χ0n) is 16.4. The van der Waals surface area contributed by atoms with Gasteiger partial charge in [0, 0.05) is 11.6 Å². The summed E-state index contributed by atoms with van der Waals surface area (Å²) < 4.78 is 31.3. The third kappa shape index (κ3) is 6.33. The molecule has 0 radical (unpaired) electrons. The maximum absolute atomic E-state index is 12.0. The molecule has 0 unspecified atom stereocenters. The summed E-state index contributed by atoms with van der Waals surface area (Å²) in [5.74, 6) is -0.132. The van der Waals surface area contributed by atoms with E-state index in [0.29, 0.717) is 11.5 Å². The molecule has 1 aromatic rings. The number of hydrogen-bond acceptors (Lipinski definition) is 6. The predicted octanol–water partition coefficient (Wildman–Crippen LogP) is 1.60. The highest BCUT2D eigenvalue weighted by molar-refractivity contribution is 7.90. The molecule has 2 N–H and O–H groups in total. The minimum absolute atomic E-state index is 0.0236. The minimum Gasteiger partial charge on any atom is -0.456 e. The van der Waals surface area contributed by atoms with Crippen LogP contribution in [0.4, 0.5) is 0 Å². The van der Waals surface area contributed by atoms with Crippen LogP contribution in [-0.4, -0.2) is 45.3 Å². The lowest BCUT2D eigenvalue weighted by Gasteiger charge is -2.15. The van der Waals surface area contributed by atoms with Gasteiger partial charge in [-0.2, -0.15) is 0 Å². The number of nitrogens with one attached hydrogen (secondary N) is 2. The third-order valence-electron chi connectivity index (χ3n) is 4.20. The van der Waals surface area contributed by atoms with Crippen molar-refractivity contribution in [2.75, 3.05) is 13.2 Å². The van der Waals surface area contributed by atoms with Crippen LogP contribution in [0.3, 0.4) is 0 Å². The van der Waals surface area contributed by atoms with Crippen molar-refractivity contribution >= 4 is 27.7 Å². The van der Waals surface area contributed by atoms with Crippen molar-refractivity contribution in [1.29, 1.82) is 0 Å². The van der Waals surface area contributed by atoms with Gasteiger partial charge in [-0.25, -0.2) is 8.42 Å². The lowest BCUT2D eigenvalue weighted by molar-refractivity contribution is -0.148. The van der Waals surface area contributed by atoms with Gasteiger partial charge in [-0.05, 0) is 37.8 Å². The van der Waals surface area contributed by atoms with Gasteiger partial charge >= 0.3 is 5.97 Å². The highest BCUT2D eigenvalue weighted by Gasteiger charge is 2.29. The SMILES string of the molecule is CC(C)CC[C@H](C)NC(=O)COC(=O)CCN=C1NS(=O)(=O)c2ccccc21. The molecule has 0 bridgehead atoms. The van der Waals surface area contributed by atoms with E-state index in [1.54, 1.807) is 18.2 Å². The summed E-state index contributed by atoms with van der Waals surface area (Å²) in [5, 5.41) is 2.79. The number of hydrogen-bond donors (Lipinski definition) is 2. The molecule has 0 aliphatic carbocycles. The molecule has 1 aliphatic rings. The molecule has 0 saturated heterocycles. The summed E-state index contributed by atoms with van der Waals surface area (Å²) in [6, 6.07) is 6.51. The Kier molecular flexibility index (Phi) is 7.56. The van der Waals surface area contributed by atoms with Gasteiger partial charge < -0.3 is 10.1 Å². The number of amides is 1. The van der Waals surface area contributed by atoms with Gasteiger partial charge in [0.15, 0.2) is 6.61 Å². The van der Waals surface area contributed by atoms with Crippen LogP contribution in [0.5, 0.6) is 0 Å². The van der Waals surface area contributed by atoms with E-state index in [-0.39, 0.29) is 42.3 Å². The number of aliphatic imine (C=N–C) groups is 1. The molecule has 154 valence electrons. The average molecular weight is 410 g/mol. The second-order valence-electron chi connectivity index (χ2n) is 7.18. The van der Waals surface area contributed by atoms with Gasteiger partial charge in [-0.3, -0.25) is 19.3 Å². The van der Waals surface area contributed by atoms with Gasteiger partial charge in [0.2, 0.25) is 0 Å². The normalized spacial score (nSPS) is 17.1. The van der Waals surface area contributed by atoms with Crippen molar-refractivity contribution in [3.8, 4) is 0 Å². The smallest absolute Gasteiger partial charge is 0.308 e. The second kappa shape index (κ2) is 9.68. The van der Waals surface area contributed by atoms with E-state index in [1.807, 2.05) is 6.92 Å². The summed E-state index contributed by atoms with van der Waals surface area (Å²) in [6.07, 6.45) is 1.82. The van der Waals surface area contributed by atoms with E-state index in [9.17, 15) is 18.0 Å². The molecule has 8 nitrogen and oxygen atoms in total. The molecule has 1 aliphatic heterocycles. The number of carbonyl (C=O) groups excluding carboxylic acids is 2. The van der Waals surface area contributed by atoms with Crippen molar-refractivity contribution in [3.63, 3.8) is 0 Å². The second-order valence-corrected chi connectivity index (χ2v) is 8.83. The summed E-state index contributed by atoms with van der Waals surface area (Å²) in [4.78, 5) is 27.9. The zero-order chi connectivity index (χ0) is 20.7. The van der Waals surface area contributed by atoms with E-state index in [1.165, 1.54) is 6.07 Å². The first-order chi connectivity index (χ1) is 13.2. The van der Waals surface area contributed by atoms with Crippen LogP contribution in [-0.2, 0) is 24.3 Å². The highest BCUT2D eigenvalue weighted by Crippen LogP contribution is 2.22. The fourth-order valence-electron chi connectivity index (χ4n) is 2.70. The van der Waals surface area contributed by atoms with Crippen molar-refractivity contribution < 1.29 is 22.7 Å². The molecule has 0 aromatic heterocycles. The number of ether oxygens (including phenoxy) is 1. The Bertz CT molecular complexity index is 849. The van der Waals surface area contributed by atoms with E-state index < -0.39 is 16.0 Å². The zero-order valence-corrected chi connectivity index (χ0v) is 17.2. The number of esters is 1. The molecular weight excluding hydrogens is 382 g/mol. The summed E-state index contributed by atoms with van der Waals surface area (Å²) in [5.41, 5.74) is 0.477. The molecule has 0 spiro atoms. The van der Waals surface area contributed by atoms with Crippen molar-refractivity contribution in [2.24, 2.45) is 10.9 Å². The van der Waals surface area contributed by atoms with Crippen molar-refractivity contribution in [1.82, 2.24) is 10.0 Å². The summed E-state index contributed by atoms with van der Waals surface area (Å²) in [6.45, 7) is 5.87. The fraction of sp³-hybridized carbons (Fsp3) is 0.526. The van der Waals surface area contributed by atoms with Gasteiger partial charge in [-0.1, -0.05) is 26.0 Å². The number of sulfonamides is 1. The van der Waals surface area contributed by atoms with Crippen LogP contribution >= 0.6 is 0 Å². The topological polar surface area (TPSA) is 114 Å². The first-order valence-corrected chi connectivity index (χ1v) is 10.8. The number of rotatable bonds is 9. The minimum atomic E-state index is -3.60. The van der Waals surface area contributed by atoms with Crippen molar-refractivity contribution in [2.45, 2.75) is 51.0 Å². The molecule has 1 aromatic carbocycles. The number of nitrogens with zero attached hydrogens (tertiary/aromatic N) is 1. The Morgan fingerprint density at radius 3 is 2.61 bits per heavy atom. The Balaban J connectivity index is 1.75. The number of amidine groups is 1. The maximum atomic E-state index is 12.0. The van der Waals surface area contributed by atoms with Gasteiger partial charge in [0.05, 0.1) is 17.9 Å². The number of benzene rings is 1. The molecule has 28 heavy (non-hydrogen) atoms. The summed E-state index contributed by atoms with van der Waals surface area (Å²) in [7, 11) is -3.60. The molecular formula is C19H27N3O5S. The van der Waals surface area contributed by atoms with Gasteiger partial charge in [0.25, 0.3) is 15.9 Å². The van der Waals surface area contributed by atoms with Crippen LogP contribution in [0.25, 0.3) is 0 Å². The molecule has 9 heteroatoms. The van der Waals surface area contributed by atoms with E-state index in [2.05, 4.69) is 28.9 Å². The first-order valence-electron chi connectivity index (χ1n) is 9.30. The lowest BCUT2D eigenvalue weighted by Crippen LogP contribution is -2.36. The van der Waals surface area contributed by atoms with Crippen LogP contribution in [0.1, 0.15) is 45.6 Å². The number of fused-ring (bicyclic) bond motifs is 1. The van der Waals surface area contributed by atoms with E-state index in [0.717, 1.165) is 12.8 Å². The molecule has 1 amide bonds. The van der Waals surface area contributed by atoms with Crippen LogP contribution in [0, 0.1) is 5.92 Å². The van der Waals surface area contributed by atoms with Crippen molar-refractivity contribution in [3.05, 3.63) is 29.8 Å². The third-order valence-corrected chi connectivity index (χ3v) is 5.59. The highest BCUT2D eigenvalue weighted by atomic mass is 32.2. The molecule has 0 fully saturated rings. The standard InChI is InChI=1S/C19H27N3O5S/c1-13(2)8-9-14(3)21-17(23)12-27-18(24)10-11-20-19-15-6-4-5-7-16(15)28(25,26)22-19/h4-7,13-14H,8-12H2,1-3H3,(H,20,22)(H,21,23)/t14-/m0/s1. The predicted molar refractivity (Wildman–Crippen MR) is 105 cm³/mol.